The van der Waals surface area contributed by atoms with Gasteiger partial charge in [-0.05, 0) is 47.3 Å². The number of benzene rings is 2. The number of aromatic nitrogens is 1. The fourth-order valence-corrected chi connectivity index (χ4v) is 3.55. The molecule has 3 N–H and O–H groups in total. The Morgan fingerprint density at radius 3 is 2.93 bits per heavy atom. The van der Waals surface area contributed by atoms with Crippen LogP contribution in [-0.2, 0) is 16.1 Å². The Balaban J connectivity index is 1.41. The number of nitrogens with zero attached hydrogens (tertiary/aromatic N) is 1. The number of hydrogen-bond acceptors (Lipinski definition) is 4. The van der Waals surface area contributed by atoms with Gasteiger partial charge < -0.3 is 25.0 Å². The Morgan fingerprint density at radius 2 is 2.14 bits per heavy atom. The molecule has 2 amide bonds. The van der Waals surface area contributed by atoms with Gasteiger partial charge in [-0.25, -0.2) is 9.18 Å². The molecule has 1 aliphatic heterocycles. The average Bonchev–Trinajstić information content (AvgIpc) is 3.24. The molecular weight excluding hydrogens is 401 g/mol. The SMILES string of the molecule is O=C(NCc1cc(F)cc(Cl)c1)OC1(O)CCN(c2ccc3cc[nH]c3c2)C1=O. The fraction of sp³-hybridized carbons (Fsp3) is 0.200. The summed E-state index contributed by atoms with van der Waals surface area (Å²) in [5, 5.41) is 14.1. The first kappa shape index (κ1) is 19.2. The molecule has 150 valence electrons. The lowest BCUT2D eigenvalue weighted by atomic mass is 10.2. The highest BCUT2D eigenvalue weighted by Gasteiger charge is 2.49. The fourth-order valence-electron chi connectivity index (χ4n) is 3.30. The third-order valence-electron chi connectivity index (χ3n) is 4.72. The van der Waals surface area contributed by atoms with Crippen LogP contribution in [-0.4, -0.2) is 34.4 Å². The standard InChI is InChI=1S/C20H17ClFN3O4/c21-14-7-12(8-15(22)9-14)11-24-19(27)29-20(28)4-6-25(18(20)26)16-2-1-13-3-5-23-17(13)10-16/h1-3,5,7-10,23,28H,4,6,11H2,(H,24,27). The van der Waals surface area contributed by atoms with E-state index in [0.29, 0.717) is 11.3 Å². The van der Waals surface area contributed by atoms with E-state index in [2.05, 4.69) is 10.3 Å². The molecule has 0 aliphatic carbocycles. The van der Waals surface area contributed by atoms with Crippen LogP contribution in [0.4, 0.5) is 14.9 Å². The van der Waals surface area contributed by atoms with E-state index in [4.69, 9.17) is 16.3 Å². The number of carbonyl (C=O) groups excluding carboxylic acids is 2. The van der Waals surface area contributed by atoms with Gasteiger partial charge in [-0.3, -0.25) is 4.79 Å². The third kappa shape index (κ3) is 3.90. The summed E-state index contributed by atoms with van der Waals surface area (Å²) in [5.74, 6) is -3.54. The maximum Gasteiger partial charge on any atom is 0.410 e. The Kier molecular flexibility index (Phi) is 4.89. The van der Waals surface area contributed by atoms with E-state index in [0.717, 1.165) is 17.0 Å². The number of H-pyrrole nitrogens is 1. The number of halogens is 2. The molecule has 0 spiro atoms. The van der Waals surface area contributed by atoms with Gasteiger partial charge in [0.05, 0.1) is 0 Å². The van der Waals surface area contributed by atoms with Crippen molar-refractivity contribution in [1.29, 1.82) is 0 Å². The van der Waals surface area contributed by atoms with Gasteiger partial charge in [0.1, 0.15) is 5.82 Å². The minimum absolute atomic E-state index is 0.0756. The van der Waals surface area contributed by atoms with Gasteiger partial charge in [0.15, 0.2) is 0 Å². The van der Waals surface area contributed by atoms with Crippen LogP contribution in [0.15, 0.2) is 48.7 Å². The summed E-state index contributed by atoms with van der Waals surface area (Å²) >= 11 is 5.77. The summed E-state index contributed by atoms with van der Waals surface area (Å²) in [6.07, 6.45) is 0.715. The third-order valence-corrected chi connectivity index (χ3v) is 4.94. The van der Waals surface area contributed by atoms with Gasteiger partial charge in [-0.1, -0.05) is 17.7 Å². The minimum atomic E-state index is -2.27. The predicted octanol–water partition coefficient (Wildman–Crippen LogP) is 3.31. The molecule has 0 saturated carbocycles. The number of anilines is 1. The number of carbonyl (C=O) groups is 2. The summed E-state index contributed by atoms with van der Waals surface area (Å²) in [6, 6.07) is 11.1. The topological polar surface area (TPSA) is 94.7 Å². The van der Waals surface area contributed by atoms with E-state index < -0.39 is 23.6 Å². The number of rotatable bonds is 4. The molecule has 0 radical (unpaired) electrons. The normalized spacial score (nSPS) is 19.0. The van der Waals surface area contributed by atoms with Crippen LogP contribution < -0.4 is 10.2 Å². The van der Waals surface area contributed by atoms with Crippen molar-refractivity contribution in [2.75, 3.05) is 11.4 Å². The Morgan fingerprint density at radius 1 is 1.31 bits per heavy atom. The number of fused-ring (bicyclic) bond motifs is 1. The number of aliphatic hydroxyl groups is 1. The summed E-state index contributed by atoms with van der Waals surface area (Å²) in [5.41, 5.74) is 1.84. The molecule has 7 nitrogen and oxygen atoms in total. The zero-order valence-electron chi connectivity index (χ0n) is 15.1. The van der Waals surface area contributed by atoms with Crippen molar-refractivity contribution in [3.63, 3.8) is 0 Å². The van der Waals surface area contributed by atoms with Crippen molar-refractivity contribution in [3.05, 3.63) is 65.1 Å². The van der Waals surface area contributed by atoms with Crippen molar-refractivity contribution in [3.8, 4) is 0 Å². The molecule has 1 fully saturated rings. The minimum Gasteiger partial charge on any atom is -0.407 e. The number of ether oxygens (including phenoxy) is 1. The van der Waals surface area contributed by atoms with Crippen LogP contribution in [0.1, 0.15) is 12.0 Å². The molecule has 3 aromatic rings. The monoisotopic (exact) mass is 417 g/mol. The van der Waals surface area contributed by atoms with Crippen LogP contribution >= 0.6 is 11.6 Å². The van der Waals surface area contributed by atoms with Crippen molar-refractivity contribution >= 4 is 40.2 Å². The van der Waals surface area contributed by atoms with Crippen molar-refractivity contribution in [1.82, 2.24) is 10.3 Å². The van der Waals surface area contributed by atoms with E-state index in [1.165, 1.54) is 17.0 Å². The molecule has 1 unspecified atom stereocenters. The number of amides is 2. The molecule has 0 bridgehead atoms. The van der Waals surface area contributed by atoms with E-state index in [-0.39, 0.29) is 24.5 Å². The lowest BCUT2D eigenvalue weighted by Gasteiger charge is -2.22. The number of alkyl carbamates (subject to hydrolysis) is 1. The molecule has 4 rings (SSSR count). The maximum atomic E-state index is 13.4. The lowest BCUT2D eigenvalue weighted by molar-refractivity contribution is -0.175. The Labute approximate surface area is 170 Å². The first-order valence-corrected chi connectivity index (χ1v) is 9.25. The molecule has 1 saturated heterocycles. The molecule has 2 aromatic carbocycles. The van der Waals surface area contributed by atoms with Crippen LogP contribution in [0, 0.1) is 5.82 Å². The number of aromatic amines is 1. The molecule has 29 heavy (non-hydrogen) atoms. The summed E-state index contributed by atoms with van der Waals surface area (Å²) in [7, 11) is 0. The zero-order valence-corrected chi connectivity index (χ0v) is 15.9. The molecule has 9 heteroatoms. The van der Waals surface area contributed by atoms with Gasteiger partial charge in [0, 0.05) is 41.9 Å². The molecular formula is C20H17ClFN3O4. The first-order chi connectivity index (χ1) is 13.8. The number of nitrogens with one attached hydrogen (secondary N) is 2. The second kappa shape index (κ2) is 7.38. The van der Waals surface area contributed by atoms with E-state index in [9.17, 15) is 19.1 Å². The second-order valence-electron chi connectivity index (χ2n) is 6.76. The van der Waals surface area contributed by atoms with Crippen LogP contribution in [0.2, 0.25) is 5.02 Å². The lowest BCUT2D eigenvalue weighted by Crippen LogP contribution is -2.46. The largest absolute Gasteiger partial charge is 0.410 e. The van der Waals surface area contributed by atoms with Gasteiger partial charge in [-0.15, -0.1) is 0 Å². The maximum absolute atomic E-state index is 13.4. The molecule has 2 heterocycles. The highest BCUT2D eigenvalue weighted by molar-refractivity contribution is 6.30. The van der Waals surface area contributed by atoms with E-state index in [1.807, 2.05) is 12.1 Å². The van der Waals surface area contributed by atoms with E-state index >= 15 is 0 Å². The van der Waals surface area contributed by atoms with Crippen LogP contribution in [0.25, 0.3) is 10.9 Å². The summed E-state index contributed by atoms with van der Waals surface area (Å²) in [4.78, 5) is 29.2. The Bertz CT molecular complexity index is 1080. The summed E-state index contributed by atoms with van der Waals surface area (Å²) in [6.45, 7) is 0.113. The predicted molar refractivity (Wildman–Crippen MR) is 105 cm³/mol. The van der Waals surface area contributed by atoms with Gasteiger partial charge >= 0.3 is 6.09 Å². The molecule has 1 atom stereocenters. The number of hydrogen-bond donors (Lipinski definition) is 3. The quantitative estimate of drug-likeness (QED) is 0.567. The van der Waals surface area contributed by atoms with Crippen LogP contribution in [0.5, 0.6) is 0 Å². The second-order valence-corrected chi connectivity index (χ2v) is 7.20. The highest BCUT2D eigenvalue weighted by Crippen LogP contribution is 2.31. The smallest absolute Gasteiger partial charge is 0.407 e. The zero-order chi connectivity index (χ0) is 20.6. The molecule has 1 aliphatic rings. The van der Waals surface area contributed by atoms with E-state index in [1.54, 1.807) is 18.3 Å². The highest BCUT2D eigenvalue weighted by atomic mass is 35.5. The molecule has 1 aromatic heterocycles. The van der Waals surface area contributed by atoms with Crippen molar-refractivity contribution < 1.29 is 23.8 Å². The Hall–Kier alpha value is -3.10. The first-order valence-electron chi connectivity index (χ1n) is 8.87. The van der Waals surface area contributed by atoms with Crippen molar-refractivity contribution in [2.45, 2.75) is 18.8 Å². The van der Waals surface area contributed by atoms with Gasteiger partial charge in [0.2, 0.25) is 0 Å². The summed E-state index contributed by atoms with van der Waals surface area (Å²) < 4.78 is 18.3. The van der Waals surface area contributed by atoms with Crippen molar-refractivity contribution in [2.24, 2.45) is 0 Å². The van der Waals surface area contributed by atoms with Crippen LogP contribution in [0.3, 0.4) is 0 Å². The van der Waals surface area contributed by atoms with Gasteiger partial charge in [0.25, 0.3) is 11.7 Å². The average molecular weight is 418 g/mol. The van der Waals surface area contributed by atoms with Gasteiger partial charge in [-0.2, -0.15) is 0 Å².